The first-order valence-corrected chi connectivity index (χ1v) is 5.93. The maximum absolute atomic E-state index is 12.9. The standard InChI is InChI=1S/C13H17F2NO/c1-9-11(4-5-17-9)8-16-7-10-2-3-12(14)13(15)6-10/h2-3,6,9,11,16H,4-5,7-8H2,1H3. The molecule has 1 aromatic rings. The Morgan fingerprint density at radius 3 is 2.82 bits per heavy atom. The summed E-state index contributed by atoms with van der Waals surface area (Å²) in [6.45, 7) is 4.29. The van der Waals surface area contributed by atoms with Crippen LogP contribution in [0.5, 0.6) is 0 Å². The van der Waals surface area contributed by atoms with Crippen molar-refractivity contribution in [2.24, 2.45) is 5.92 Å². The van der Waals surface area contributed by atoms with E-state index in [4.69, 9.17) is 4.74 Å². The minimum atomic E-state index is -0.799. The summed E-state index contributed by atoms with van der Waals surface area (Å²) in [5.41, 5.74) is 0.760. The van der Waals surface area contributed by atoms with Crippen molar-refractivity contribution in [3.05, 3.63) is 35.4 Å². The molecule has 0 aromatic heterocycles. The second-order valence-corrected chi connectivity index (χ2v) is 4.50. The van der Waals surface area contributed by atoms with Crippen LogP contribution in [0.25, 0.3) is 0 Å². The van der Waals surface area contributed by atoms with Crippen molar-refractivity contribution in [3.63, 3.8) is 0 Å². The van der Waals surface area contributed by atoms with Gasteiger partial charge in [-0.2, -0.15) is 0 Å². The number of ether oxygens (including phenoxy) is 1. The predicted molar refractivity (Wildman–Crippen MR) is 61.6 cm³/mol. The van der Waals surface area contributed by atoms with Crippen molar-refractivity contribution < 1.29 is 13.5 Å². The van der Waals surface area contributed by atoms with Crippen LogP contribution in [-0.2, 0) is 11.3 Å². The monoisotopic (exact) mass is 241 g/mol. The summed E-state index contributed by atoms with van der Waals surface area (Å²) in [7, 11) is 0. The molecule has 0 saturated carbocycles. The van der Waals surface area contributed by atoms with Gasteiger partial charge in [0.05, 0.1) is 6.10 Å². The molecule has 4 heteroatoms. The molecule has 0 spiro atoms. The lowest BCUT2D eigenvalue weighted by molar-refractivity contribution is 0.105. The van der Waals surface area contributed by atoms with Gasteiger partial charge in [0.1, 0.15) is 0 Å². The molecule has 0 aliphatic carbocycles. The molecule has 1 heterocycles. The van der Waals surface area contributed by atoms with Crippen molar-refractivity contribution >= 4 is 0 Å². The van der Waals surface area contributed by atoms with Gasteiger partial charge in [0, 0.05) is 19.7 Å². The zero-order chi connectivity index (χ0) is 12.3. The molecule has 2 atom stereocenters. The summed E-state index contributed by atoms with van der Waals surface area (Å²) in [6.07, 6.45) is 1.35. The van der Waals surface area contributed by atoms with Gasteiger partial charge in [-0.15, -0.1) is 0 Å². The SMILES string of the molecule is CC1OCCC1CNCc1ccc(F)c(F)c1. The maximum atomic E-state index is 12.9. The normalized spacial score (nSPS) is 24.2. The molecule has 1 fully saturated rings. The maximum Gasteiger partial charge on any atom is 0.159 e. The summed E-state index contributed by atoms with van der Waals surface area (Å²) < 4.78 is 31.1. The topological polar surface area (TPSA) is 21.3 Å². The summed E-state index contributed by atoms with van der Waals surface area (Å²) in [4.78, 5) is 0. The van der Waals surface area contributed by atoms with E-state index in [0.29, 0.717) is 12.5 Å². The van der Waals surface area contributed by atoms with Gasteiger partial charge in [0.15, 0.2) is 11.6 Å². The molecule has 0 radical (unpaired) electrons. The second-order valence-electron chi connectivity index (χ2n) is 4.50. The third kappa shape index (κ3) is 3.23. The van der Waals surface area contributed by atoms with Crippen LogP contribution in [0.15, 0.2) is 18.2 Å². The highest BCUT2D eigenvalue weighted by Gasteiger charge is 2.23. The Labute approximate surface area is 100.0 Å². The first-order valence-electron chi connectivity index (χ1n) is 5.93. The van der Waals surface area contributed by atoms with Gasteiger partial charge >= 0.3 is 0 Å². The van der Waals surface area contributed by atoms with E-state index in [0.717, 1.165) is 31.2 Å². The third-order valence-electron chi connectivity index (χ3n) is 3.25. The Hall–Kier alpha value is -1.00. The van der Waals surface area contributed by atoms with E-state index in [1.165, 1.54) is 6.07 Å². The molecular weight excluding hydrogens is 224 g/mol. The quantitative estimate of drug-likeness (QED) is 0.874. The zero-order valence-corrected chi connectivity index (χ0v) is 9.88. The molecule has 2 nitrogen and oxygen atoms in total. The van der Waals surface area contributed by atoms with E-state index >= 15 is 0 Å². The molecule has 0 bridgehead atoms. The van der Waals surface area contributed by atoms with E-state index in [1.807, 2.05) is 0 Å². The van der Waals surface area contributed by atoms with Crippen molar-refractivity contribution in [1.82, 2.24) is 5.32 Å². The third-order valence-corrected chi connectivity index (χ3v) is 3.25. The van der Waals surface area contributed by atoms with E-state index in [2.05, 4.69) is 12.2 Å². The highest BCUT2D eigenvalue weighted by molar-refractivity contribution is 5.17. The smallest absolute Gasteiger partial charge is 0.159 e. The molecule has 94 valence electrons. The summed E-state index contributed by atoms with van der Waals surface area (Å²) in [5, 5.41) is 3.25. The predicted octanol–water partition coefficient (Wildman–Crippen LogP) is 2.48. The summed E-state index contributed by atoms with van der Waals surface area (Å²) >= 11 is 0. The number of hydrogen-bond donors (Lipinski definition) is 1. The average Bonchev–Trinajstić information content (AvgIpc) is 2.70. The summed E-state index contributed by atoms with van der Waals surface area (Å²) in [5.74, 6) is -1.08. The highest BCUT2D eigenvalue weighted by atomic mass is 19.2. The number of hydrogen-bond acceptors (Lipinski definition) is 2. The van der Waals surface area contributed by atoms with Gasteiger partial charge in [0.2, 0.25) is 0 Å². The van der Waals surface area contributed by atoms with Crippen molar-refractivity contribution in [1.29, 1.82) is 0 Å². The molecule has 1 aliphatic rings. The van der Waals surface area contributed by atoms with E-state index < -0.39 is 11.6 Å². The van der Waals surface area contributed by atoms with Crippen LogP contribution in [0.2, 0.25) is 0 Å². The van der Waals surface area contributed by atoms with Crippen molar-refractivity contribution in [2.75, 3.05) is 13.2 Å². The molecule has 17 heavy (non-hydrogen) atoms. The lowest BCUT2D eigenvalue weighted by Crippen LogP contribution is -2.26. The van der Waals surface area contributed by atoms with Crippen LogP contribution in [0.3, 0.4) is 0 Å². The fourth-order valence-corrected chi connectivity index (χ4v) is 2.10. The molecule has 1 N–H and O–H groups in total. The van der Waals surface area contributed by atoms with Crippen LogP contribution >= 0.6 is 0 Å². The number of benzene rings is 1. The van der Waals surface area contributed by atoms with Gasteiger partial charge in [-0.3, -0.25) is 0 Å². The largest absolute Gasteiger partial charge is 0.378 e. The van der Waals surface area contributed by atoms with Crippen LogP contribution in [0.1, 0.15) is 18.9 Å². The number of nitrogens with one attached hydrogen (secondary N) is 1. The van der Waals surface area contributed by atoms with E-state index in [9.17, 15) is 8.78 Å². The Morgan fingerprint density at radius 1 is 1.35 bits per heavy atom. The van der Waals surface area contributed by atoms with Gasteiger partial charge in [-0.25, -0.2) is 8.78 Å². The van der Waals surface area contributed by atoms with E-state index in [-0.39, 0.29) is 6.10 Å². The summed E-state index contributed by atoms with van der Waals surface area (Å²) in [6, 6.07) is 3.99. The molecular formula is C13H17F2NO. The fourth-order valence-electron chi connectivity index (χ4n) is 2.10. The lowest BCUT2D eigenvalue weighted by atomic mass is 10.0. The fraction of sp³-hybridized carbons (Fsp3) is 0.538. The highest BCUT2D eigenvalue weighted by Crippen LogP contribution is 2.19. The molecule has 2 unspecified atom stereocenters. The van der Waals surface area contributed by atoms with Gasteiger partial charge in [-0.05, 0) is 37.0 Å². The number of halogens is 2. The Morgan fingerprint density at radius 2 is 2.18 bits per heavy atom. The van der Waals surface area contributed by atoms with Crippen LogP contribution in [0.4, 0.5) is 8.78 Å². The first kappa shape index (κ1) is 12.5. The first-order chi connectivity index (χ1) is 8.16. The Balaban J connectivity index is 1.79. The van der Waals surface area contributed by atoms with E-state index in [1.54, 1.807) is 6.07 Å². The molecule has 2 rings (SSSR count). The molecule has 1 aromatic carbocycles. The van der Waals surface area contributed by atoms with Crippen LogP contribution in [0, 0.1) is 17.6 Å². The Bertz CT molecular complexity index is 384. The minimum absolute atomic E-state index is 0.285. The van der Waals surface area contributed by atoms with Crippen molar-refractivity contribution in [2.45, 2.75) is 26.0 Å². The van der Waals surface area contributed by atoms with Gasteiger partial charge < -0.3 is 10.1 Å². The lowest BCUT2D eigenvalue weighted by Gasteiger charge is -2.14. The second kappa shape index (κ2) is 5.56. The van der Waals surface area contributed by atoms with Crippen LogP contribution in [-0.4, -0.2) is 19.3 Å². The minimum Gasteiger partial charge on any atom is -0.378 e. The Kier molecular flexibility index (Phi) is 4.07. The van der Waals surface area contributed by atoms with Gasteiger partial charge in [0.25, 0.3) is 0 Å². The zero-order valence-electron chi connectivity index (χ0n) is 9.88. The van der Waals surface area contributed by atoms with Crippen molar-refractivity contribution in [3.8, 4) is 0 Å². The molecule has 1 aliphatic heterocycles. The average molecular weight is 241 g/mol. The van der Waals surface area contributed by atoms with Crippen LogP contribution < -0.4 is 5.32 Å². The number of rotatable bonds is 4. The van der Waals surface area contributed by atoms with Gasteiger partial charge in [-0.1, -0.05) is 6.07 Å². The molecule has 1 saturated heterocycles. The molecule has 0 amide bonds.